The summed E-state index contributed by atoms with van der Waals surface area (Å²) in [4.78, 5) is 12.5. The van der Waals surface area contributed by atoms with Crippen molar-refractivity contribution in [2.75, 3.05) is 13.2 Å². The molecule has 0 aliphatic heterocycles. The number of aliphatic hydroxyl groups is 1. The predicted octanol–water partition coefficient (Wildman–Crippen LogP) is 8.82. The van der Waals surface area contributed by atoms with Gasteiger partial charge in [-0.15, -0.1) is 0 Å². The maximum atomic E-state index is 12.5. The van der Waals surface area contributed by atoms with Gasteiger partial charge >= 0.3 is 6.09 Å². The van der Waals surface area contributed by atoms with E-state index in [0.717, 1.165) is 68.1 Å². The fourth-order valence-corrected chi connectivity index (χ4v) is 9.41. The first kappa shape index (κ1) is 29.9. The van der Waals surface area contributed by atoms with Crippen molar-refractivity contribution >= 4 is 6.09 Å². The molecule has 4 unspecified atom stereocenters. The van der Waals surface area contributed by atoms with Crippen LogP contribution in [0.5, 0.6) is 0 Å². The fourth-order valence-electron chi connectivity index (χ4n) is 9.41. The number of carbonyl (C=O) groups is 1. The number of aliphatic hydroxyl groups excluding tert-OH is 1. The molecule has 0 aromatic carbocycles. The molecule has 4 nitrogen and oxygen atoms in total. The Morgan fingerprint density at radius 2 is 1.76 bits per heavy atom. The van der Waals surface area contributed by atoms with E-state index < -0.39 is 0 Å². The number of fused-ring (bicyclic) bond motifs is 5. The highest BCUT2D eigenvalue weighted by Crippen LogP contribution is 2.66. The Morgan fingerprint density at radius 1 is 1.00 bits per heavy atom. The van der Waals surface area contributed by atoms with Crippen molar-refractivity contribution in [2.45, 2.75) is 143 Å². The van der Waals surface area contributed by atoms with Gasteiger partial charge in [-0.2, -0.15) is 0 Å². The van der Waals surface area contributed by atoms with Gasteiger partial charge in [0.25, 0.3) is 0 Å². The molecule has 38 heavy (non-hydrogen) atoms. The van der Waals surface area contributed by atoms with Crippen molar-refractivity contribution in [2.24, 2.45) is 40.4 Å². The molecule has 3 saturated carbocycles. The molecule has 0 radical (unpaired) electrons. The highest BCUT2D eigenvalue weighted by atomic mass is 16.6. The first-order chi connectivity index (χ1) is 18.3. The van der Waals surface area contributed by atoms with Crippen molar-refractivity contribution < 1.29 is 14.6 Å². The molecule has 2 N–H and O–H groups in total. The highest BCUT2D eigenvalue weighted by molar-refractivity contribution is 5.67. The summed E-state index contributed by atoms with van der Waals surface area (Å²) in [5, 5.41) is 11.8. The van der Waals surface area contributed by atoms with Gasteiger partial charge in [0.15, 0.2) is 0 Å². The quantitative estimate of drug-likeness (QED) is 0.185. The number of unbranched alkanes of at least 4 members (excludes halogenated alkanes) is 5. The van der Waals surface area contributed by atoms with Crippen LogP contribution < -0.4 is 5.32 Å². The average Bonchev–Trinajstić information content (AvgIpc) is 3.22. The van der Waals surface area contributed by atoms with Crippen molar-refractivity contribution in [3.63, 3.8) is 0 Å². The van der Waals surface area contributed by atoms with Gasteiger partial charge < -0.3 is 15.2 Å². The van der Waals surface area contributed by atoms with E-state index >= 15 is 0 Å². The van der Waals surface area contributed by atoms with Gasteiger partial charge in [-0.25, -0.2) is 4.79 Å². The summed E-state index contributed by atoms with van der Waals surface area (Å²) in [6.07, 6.45) is 23.3. The molecule has 0 heterocycles. The Hall–Kier alpha value is -1.03. The van der Waals surface area contributed by atoms with E-state index in [2.05, 4.69) is 39.1 Å². The van der Waals surface area contributed by atoms with Crippen LogP contribution in [-0.2, 0) is 4.74 Å². The van der Waals surface area contributed by atoms with Crippen LogP contribution >= 0.6 is 0 Å². The lowest BCUT2D eigenvalue weighted by molar-refractivity contribution is -0.0519. The zero-order chi connectivity index (χ0) is 27.2. The van der Waals surface area contributed by atoms with Crippen LogP contribution in [0, 0.1) is 40.4 Å². The van der Waals surface area contributed by atoms with Crippen LogP contribution in [0.4, 0.5) is 4.79 Å². The molecule has 4 aliphatic rings. The van der Waals surface area contributed by atoms with Crippen molar-refractivity contribution in [3.8, 4) is 0 Å². The van der Waals surface area contributed by atoms with Crippen LogP contribution in [-0.4, -0.2) is 30.5 Å². The number of hydrogen-bond donors (Lipinski definition) is 2. The number of amides is 1. The normalized spacial score (nSPS) is 36.3. The lowest BCUT2D eigenvalue weighted by Gasteiger charge is -2.58. The van der Waals surface area contributed by atoms with Gasteiger partial charge in [-0.1, -0.05) is 77.9 Å². The van der Waals surface area contributed by atoms with Gasteiger partial charge in [0.2, 0.25) is 0 Å². The number of alkyl carbamates (subject to hydrolysis) is 1. The number of rotatable bonds is 13. The van der Waals surface area contributed by atoms with Gasteiger partial charge in [0.05, 0.1) is 0 Å². The first-order valence-corrected chi connectivity index (χ1v) is 16.5. The predicted molar refractivity (Wildman–Crippen MR) is 157 cm³/mol. The Labute approximate surface area is 234 Å². The third-order valence-corrected chi connectivity index (χ3v) is 11.7. The molecular weight excluding hydrogens is 470 g/mol. The van der Waals surface area contributed by atoms with Crippen LogP contribution in [0.2, 0.25) is 0 Å². The van der Waals surface area contributed by atoms with E-state index in [-0.39, 0.29) is 12.2 Å². The second-order valence-electron chi connectivity index (χ2n) is 14.4. The zero-order valence-electron chi connectivity index (χ0n) is 25.2. The Bertz CT molecular complexity index is 793. The molecule has 218 valence electrons. The summed E-state index contributed by atoms with van der Waals surface area (Å²) in [6, 6.07) is 0. The molecule has 0 spiro atoms. The van der Waals surface area contributed by atoms with Crippen LogP contribution in [0.15, 0.2) is 11.6 Å². The van der Waals surface area contributed by atoms with Gasteiger partial charge in [0, 0.05) is 19.6 Å². The maximum Gasteiger partial charge on any atom is 0.407 e. The van der Waals surface area contributed by atoms with E-state index in [1.807, 2.05) is 0 Å². The minimum absolute atomic E-state index is 0.0371. The van der Waals surface area contributed by atoms with E-state index in [0.29, 0.717) is 24.0 Å². The van der Waals surface area contributed by atoms with Crippen LogP contribution in [0.1, 0.15) is 137 Å². The molecule has 4 rings (SSSR count). The summed E-state index contributed by atoms with van der Waals surface area (Å²) in [6.45, 7) is 11.0. The number of hydrogen-bond acceptors (Lipinski definition) is 3. The SMILES string of the molecule is CC(C)CCCC1CCC2C3CC=C4C[C@H](OC(=O)NCCCCCCCCO)CC[C@@]4(C)C3CC[C@@]12C. The molecule has 0 aromatic rings. The van der Waals surface area contributed by atoms with E-state index in [1.165, 1.54) is 70.6 Å². The number of allylic oxidation sites excluding steroid dienone is 1. The molecule has 0 saturated heterocycles. The molecule has 0 bridgehead atoms. The summed E-state index contributed by atoms with van der Waals surface area (Å²) in [5.41, 5.74) is 2.48. The van der Waals surface area contributed by atoms with Crippen molar-refractivity contribution in [1.82, 2.24) is 5.32 Å². The highest BCUT2D eigenvalue weighted by Gasteiger charge is 2.58. The second-order valence-corrected chi connectivity index (χ2v) is 14.4. The van der Waals surface area contributed by atoms with Crippen molar-refractivity contribution in [1.29, 1.82) is 0 Å². The van der Waals surface area contributed by atoms with E-state index in [4.69, 9.17) is 9.84 Å². The molecule has 4 heteroatoms. The minimum Gasteiger partial charge on any atom is -0.446 e. The molecule has 1 amide bonds. The first-order valence-electron chi connectivity index (χ1n) is 16.5. The largest absolute Gasteiger partial charge is 0.446 e. The summed E-state index contributed by atoms with van der Waals surface area (Å²) < 4.78 is 5.92. The fraction of sp³-hybridized carbons (Fsp3) is 0.912. The molecular formula is C34H59NO3. The number of ether oxygens (including phenoxy) is 1. The van der Waals surface area contributed by atoms with E-state index in [9.17, 15) is 4.79 Å². The number of nitrogens with one attached hydrogen (secondary N) is 1. The number of carbonyl (C=O) groups excluding carboxylic acids is 1. The standard InChI is InChI=1S/C34H59NO3/c1-25(2)12-11-13-26-15-17-30-29-16-14-27-24-28(18-20-34(27,4)31(29)19-21-33(26,30)3)38-32(37)35-22-9-7-5-6-8-10-23-36/h14,25-26,28-31,36H,5-13,15-24H2,1-4H3,(H,35,37)/t26?,28-,29?,30?,31?,33+,34-/m1/s1. The van der Waals surface area contributed by atoms with Gasteiger partial charge in [-0.05, 0) is 105 Å². The average molecular weight is 530 g/mol. The Morgan fingerprint density at radius 3 is 2.53 bits per heavy atom. The third kappa shape index (κ3) is 6.81. The summed E-state index contributed by atoms with van der Waals surface area (Å²) in [7, 11) is 0. The Kier molecular flexibility index (Phi) is 10.7. The topological polar surface area (TPSA) is 58.6 Å². The molecule has 7 atom stereocenters. The maximum absolute atomic E-state index is 12.5. The second kappa shape index (κ2) is 13.6. The summed E-state index contributed by atoms with van der Waals surface area (Å²) >= 11 is 0. The lowest BCUT2D eigenvalue weighted by atomic mass is 9.47. The molecule has 4 aliphatic carbocycles. The van der Waals surface area contributed by atoms with Crippen molar-refractivity contribution in [3.05, 3.63) is 11.6 Å². The van der Waals surface area contributed by atoms with Crippen LogP contribution in [0.3, 0.4) is 0 Å². The third-order valence-electron chi connectivity index (χ3n) is 11.7. The monoisotopic (exact) mass is 529 g/mol. The minimum atomic E-state index is -0.226. The molecule has 0 aromatic heterocycles. The van der Waals surface area contributed by atoms with Gasteiger partial charge in [-0.3, -0.25) is 0 Å². The lowest BCUT2D eigenvalue weighted by Crippen LogP contribution is -2.50. The zero-order valence-corrected chi connectivity index (χ0v) is 25.2. The van der Waals surface area contributed by atoms with Crippen LogP contribution in [0.25, 0.3) is 0 Å². The van der Waals surface area contributed by atoms with E-state index in [1.54, 1.807) is 5.57 Å². The van der Waals surface area contributed by atoms with Gasteiger partial charge in [0.1, 0.15) is 6.10 Å². The smallest absolute Gasteiger partial charge is 0.407 e. The Balaban J connectivity index is 1.25. The summed E-state index contributed by atoms with van der Waals surface area (Å²) in [5.74, 6) is 4.37. The molecule has 3 fully saturated rings.